The number of hydrogen-bond acceptors (Lipinski definition) is 3. The fraction of sp³-hybridized carbons (Fsp3) is 0.250. The maximum absolute atomic E-state index is 12.1. The van der Waals surface area contributed by atoms with Crippen molar-refractivity contribution in [3.05, 3.63) is 86.2 Å². The molecular formula is C24H25Cl2N3OS. The van der Waals surface area contributed by atoms with Crippen molar-refractivity contribution in [1.82, 2.24) is 9.99 Å². The third-order valence-corrected chi connectivity index (χ3v) is 6.34. The fourth-order valence-corrected chi connectivity index (χ4v) is 4.82. The minimum atomic E-state index is -0.125. The van der Waals surface area contributed by atoms with Crippen molar-refractivity contribution in [2.75, 3.05) is 5.75 Å². The predicted molar refractivity (Wildman–Crippen MR) is 133 cm³/mol. The number of carbonyl (C=O) groups excluding carboxylic acids is 1. The molecule has 31 heavy (non-hydrogen) atoms. The van der Waals surface area contributed by atoms with Crippen LogP contribution in [0.5, 0.6) is 0 Å². The molecule has 7 heteroatoms. The summed E-state index contributed by atoms with van der Waals surface area (Å²) < 4.78 is 2.04. The molecule has 1 N–H and O–H groups in total. The van der Waals surface area contributed by atoms with E-state index in [0.29, 0.717) is 15.8 Å². The monoisotopic (exact) mass is 473 g/mol. The Bertz CT molecular complexity index is 1120. The molecule has 0 bridgehead atoms. The van der Waals surface area contributed by atoms with Crippen LogP contribution >= 0.6 is 35.0 Å². The van der Waals surface area contributed by atoms with Crippen molar-refractivity contribution in [3.8, 4) is 5.69 Å². The number of aryl methyl sites for hydroxylation is 3. The molecule has 0 aliphatic rings. The van der Waals surface area contributed by atoms with Crippen LogP contribution in [-0.2, 0) is 10.5 Å². The predicted octanol–water partition coefficient (Wildman–Crippen LogP) is 6.40. The molecular weight excluding hydrogens is 449 g/mol. The number of halogens is 2. The van der Waals surface area contributed by atoms with Gasteiger partial charge in [0.15, 0.2) is 0 Å². The Balaban J connectivity index is 1.59. The number of nitrogens with one attached hydrogen (secondary N) is 1. The molecule has 0 unspecified atom stereocenters. The molecule has 1 aromatic heterocycles. The van der Waals surface area contributed by atoms with E-state index in [-0.39, 0.29) is 5.91 Å². The van der Waals surface area contributed by atoms with Gasteiger partial charge < -0.3 is 4.57 Å². The van der Waals surface area contributed by atoms with Crippen LogP contribution in [0.2, 0.25) is 10.0 Å². The maximum Gasteiger partial charge on any atom is 0.250 e. The number of hydrazone groups is 1. The number of carbonyl (C=O) groups is 1. The Morgan fingerprint density at radius 3 is 2.45 bits per heavy atom. The summed E-state index contributed by atoms with van der Waals surface area (Å²) in [6.45, 7) is 8.15. The van der Waals surface area contributed by atoms with E-state index in [1.54, 1.807) is 24.0 Å². The van der Waals surface area contributed by atoms with Gasteiger partial charge in [-0.15, -0.1) is 11.8 Å². The Morgan fingerprint density at radius 1 is 1.06 bits per heavy atom. The van der Waals surface area contributed by atoms with Crippen molar-refractivity contribution in [2.45, 2.75) is 33.4 Å². The molecule has 3 aromatic rings. The van der Waals surface area contributed by atoms with Gasteiger partial charge in [-0.2, -0.15) is 5.10 Å². The number of benzene rings is 2. The first-order valence-corrected chi connectivity index (χ1v) is 11.8. The van der Waals surface area contributed by atoms with Crippen LogP contribution in [0.25, 0.3) is 5.69 Å². The first kappa shape index (κ1) is 23.5. The van der Waals surface area contributed by atoms with Crippen LogP contribution in [0.3, 0.4) is 0 Å². The first-order valence-electron chi connectivity index (χ1n) is 9.86. The highest BCUT2D eigenvalue weighted by Crippen LogP contribution is 2.28. The standard InChI is InChI=1S/C24H25Cl2N3OS/c1-15-7-16(2)9-19(8-15)13-31-14-24(30)28-27-12-20-10-17(3)29(18(20)4)23-6-5-21(25)11-22(23)26/h5-12H,13-14H2,1-4H3,(H,28,30)/b27-12+. The zero-order chi connectivity index (χ0) is 22.5. The van der Waals surface area contributed by atoms with Crippen LogP contribution in [0.15, 0.2) is 47.6 Å². The highest BCUT2D eigenvalue weighted by molar-refractivity contribution is 7.99. The van der Waals surface area contributed by atoms with Crippen LogP contribution in [0.4, 0.5) is 0 Å². The fourth-order valence-electron chi connectivity index (χ4n) is 3.57. The SMILES string of the molecule is Cc1cc(C)cc(CSCC(=O)N/N=C/c2cc(C)n(-c3ccc(Cl)cc3Cl)c2C)c1. The number of thioether (sulfide) groups is 1. The van der Waals surface area contributed by atoms with E-state index < -0.39 is 0 Å². The van der Waals surface area contributed by atoms with Crippen LogP contribution < -0.4 is 5.43 Å². The molecule has 0 saturated heterocycles. The molecule has 0 aliphatic heterocycles. The second-order valence-corrected chi connectivity index (χ2v) is 9.37. The molecule has 1 amide bonds. The lowest BCUT2D eigenvalue weighted by Gasteiger charge is -2.11. The second-order valence-electron chi connectivity index (χ2n) is 7.54. The largest absolute Gasteiger partial charge is 0.316 e. The summed E-state index contributed by atoms with van der Waals surface area (Å²) in [4.78, 5) is 12.1. The van der Waals surface area contributed by atoms with E-state index >= 15 is 0 Å². The Hall–Kier alpha value is -2.21. The van der Waals surface area contributed by atoms with E-state index in [0.717, 1.165) is 28.4 Å². The van der Waals surface area contributed by atoms with Gasteiger partial charge in [-0.1, -0.05) is 52.5 Å². The number of nitrogens with zero attached hydrogens (tertiary/aromatic N) is 2. The normalized spacial score (nSPS) is 11.3. The molecule has 0 saturated carbocycles. The Morgan fingerprint density at radius 2 is 1.77 bits per heavy atom. The zero-order valence-corrected chi connectivity index (χ0v) is 20.3. The summed E-state index contributed by atoms with van der Waals surface area (Å²) >= 11 is 14.0. The first-order chi connectivity index (χ1) is 14.7. The van der Waals surface area contributed by atoms with Gasteiger partial charge in [0.1, 0.15) is 0 Å². The third kappa shape index (κ3) is 6.16. The Kier molecular flexibility index (Phi) is 7.87. The number of rotatable bonds is 7. The average molecular weight is 474 g/mol. The number of aromatic nitrogens is 1. The van der Waals surface area contributed by atoms with Gasteiger partial charge in [0, 0.05) is 27.7 Å². The number of amides is 1. The maximum atomic E-state index is 12.1. The molecule has 0 spiro atoms. The number of hydrogen-bond donors (Lipinski definition) is 1. The van der Waals surface area contributed by atoms with Crippen LogP contribution in [0.1, 0.15) is 33.6 Å². The molecule has 0 fully saturated rings. The van der Waals surface area contributed by atoms with Crippen molar-refractivity contribution < 1.29 is 4.79 Å². The molecule has 1 heterocycles. The molecule has 0 aliphatic carbocycles. The molecule has 3 rings (SSSR count). The smallest absolute Gasteiger partial charge is 0.250 e. The second kappa shape index (κ2) is 10.4. The summed E-state index contributed by atoms with van der Waals surface area (Å²) in [6.07, 6.45) is 1.66. The van der Waals surface area contributed by atoms with Gasteiger partial charge in [-0.3, -0.25) is 4.79 Å². The highest BCUT2D eigenvalue weighted by Gasteiger charge is 2.12. The average Bonchev–Trinajstić information content (AvgIpc) is 2.95. The van der Waals surface area contributed by atoms with Gasteiger partial charge >= 0.3 is 0 Å². The van der Waals surface area contributed by atoms with Gasteiger partial charge in [-0.05, 0) is 57.5 Å². The van der Waals surface area contributed by atoms with Crippen LogP contribution in [0, 0.1) is 27.7 Å². The quantitative estimate of drug-likeness (QED) is 0.318. The van der Waals surface area contributed by atoms with E-state index in [1.165, 1.54) is 16.7 Å². The van der Waals surface area contributed by atoms with Gasteiger partial charge in [-0.25, -0.2) is 5.43 Å². The van der Waals surface area contributed by atoms with Crippen molar-refractivity contribution in [3.63, 3.8) is 0 Å². The molecule has 0 radical (unpaired) electrons. The molecule has 162 valence electrons. The van der Waals surface area contributed by atoms with E-state index in [2.05, 4.69) is 42.6 Å². The van der Waals surface area contributed by atoms with Crippen molar-refractivity contribution >= 4 is 47.1 Å². The highest BCUT2D eigenvalue weighted by atomic mass is 35.5. The molecule has 0 atom stereocenters. The minimum Gasteiger partial charge on any atom is -0.316 e. The summed E-state index contributed by atoms with van der Waals surface area (Å²) in [5, 5.41) is 5.31. The minimum absolute atomic E-state index is 0.125. The molecule has 2 aromatic carbocycles. The van der Waals surface area contributed by atoms with Crippen molar-refractivity contribution in [2.24, 2.45) is 5.10 Å². The lowest BCUT2D eigenvalue weighted by atomic mass is 10.1. The summed E-state index contributed by atoms with van der Waals surface area (Å²) in [5.41, 5.74) is 10.1. The van der Waals surface area contributed by atoms with Gasteiger partial charge in [0.25, 0.3) is 0 Å². The Labute approximate surface area is 197 Å². The summed E-state index contributed by atoms with van der Waals surface area (Å²) in [5.74, 6) is 1.02. The lowest BCUT2D eigenvalue weighted by Crippen LogP contribution is -2.19. The zero-order valence-electron chi connectivity index (χ0n) is 18.0. The van der Waals surface area contributed by atoms with E-state index in [9.17, 15) is 4.79 Å². The van der Waals surface area contributed by atoms with Gasteiger partial charge in [0.05, 0.1) is 22.7 Å². The summed E-state index contributed by atoms with van der Waals surface area (Å²) in [6, 6.07) is 13.9. The lowest BCUT2D eigenvalue weighted by molar-refractivity contribution is -0.118. The van der Waals surface area contributed by atoms with Gasteiger partial charge in [0.2, 0.25) is 5.91 Å². The van der Waals surface area contributed by atoms with E-state index in [1.807, 2.05) is 36.6 Å². The molecule has 4 nitrogen and oxygen atoms in total. The van der Waals surface area contributed by atoms with Crippen molar-refractivity contribution in [1.29, 1.82) is 0 Å². The topological polar surface area (TPSA) is 46.4 Å². The summed E-state index contributed by atoms with van der Waals surface area (Å²) in [7, 11) is 0. The van der Waals surface area contributed by atoms with Crippen LogP contribution in [-0.4, -0.2) is 22.4 Å². The third-order valence-electron chi connectivity index (χ3n) is 4.80. The van der Waals surface area contributed by atoms with E-state index in [4.69, 9.17) is 23.2 Å².